The van der Waals surface area contributed by atoms with Gasteiger partial charge in [0.05, 0.1) is 7.05 Å². The maximum Gasteiger partial charge on any atom is 0.202 e. The minimum Gasteiger partial charge on any atom is -0.315 e. The first-order valence-electron chi connectivity index (χ1n) is 7.17. The van der Waals surface area contributed by atoms with Gasteiger partial charge >= 0.3 is 0 Å². The molecule has 0 aliphatic heterocycles. The summed E-state index contributed by atoms with van der Waals surface area (Å²) in [4.78, 5) is 1.35. The summed E-state index contributed by atoms with van der Waals surface area (Å²) < 4.78 is 4.64. The van der Waals surface area contributed by atoms with Crippen LogP contribution in [0.25, 0.3) is 11.4 Å². The number of thiophene rings is 1. The van der Waals surface area contributed by atoms with Crippen LogP contribution in [0, 0.1) is 4.77 Å². The molecule has 4 nitrogen and oxygen atoms in total. The first-order chi connectivity index (χ1) is 10.6. The zero-order valence-electron chi connectivity index (χ0n) is 12.7. The molecule has 0 fully saturated rings. The summed E-state index contributed by atoms with van der Waals surface area (Å²) in [5.41, 5.74) is 2.44. The van der Waals surface area contributed by atoms with Gasteiger partial charge in [-0.3, -0.25) is 0 Å². The van der Waals surface area contributed by atoms with Gasteiger partial charge < -0.3 is 9.47 Å². The van der Waals surface area contributed by atoms with Crippen molar-refractivity contribution in [3.05, 3.63) is 57.5 Å². The number of hydrogen-bond donors (Lipinski definition) is 1. The van der Waals surface area contributed by atoms with Crippen LogP contribution in [0.15, 0.2) is 47.2 Å². The SMILES string of the molecule is Cn1c(-c2ccccc2)nn(C[NH+](C)Cc2ccsc2)c1=S. The zero-order chi connectivity index (χ0) is 15.5. The van der Waals surface area contributed by atoms with Crippen LogP contribution in [0.2, 0.25) is 0 Å². The summed E-state index contributed by atoms with van der Waals surface area (Å²) in [7, 11) is 4.14. The third-order valence-corrected chi connectivity index (χ3v) is 4.80. The van der Waals surface area contributed by atoms with Crippen molar-refractivity contribution >= 4 is 23.6 Å². The van der Waals surface area contributed by atoms with Gasteiger partial charge in [0.2, 0.25) is 4.77 Å². The molecule has 1 unspecified atom stereocenters. The molecule has 0 aliphatic rings. The van der Waals surface area contributed by atoms with Crippen LogP contribution in [0.4, 0.5) is 0 Å². The lowest BCUT2D eigenvalue weighted by molar-refractivity contribution is -0.917. The van der Waals surface area contributed by atoms with E-state index >= 15 is 0 Å². The highest BCUT2D eigenvalue weighted by Crippen LogP contribution is 2.16. The summed E-state index contributed by atoms with van der Waals surface area (Å²) in [6.45, 7) is 1.73. The molecule has 1 aromatic carbocycles. The smallest absolute Gasteiger partial charge is 0.202 e. The molecule has 0 amide bonds. The molecule has 0 saturated heterocycles. The number of aromatic nitrogens is 3. The summed E-state index contributed by atoms with van der Waals surface area (Å²) in [6, 6.07) is 12.3. The van der Waals surface area contributed by atoms with Crippen LogP contribution in [-0.4, -0.2) is 21.4 Å². The van der Waals surface area contributed by atoms with Crippen molar-refractivity contribution < 1.29 is 4.90 Å². The zero-order valence-corrected chi connectivity index (χ0v) is 14.3. The Labute approximate surface area is 139 Å². The highest BCUT2D eigenvalue weighted by molar-refractivity contribution is 7.71. The number of quaternary nitrogens is 1. The van der Waals surface area contributed by atoms with Gasteiger partial charge in [0.15, 0.2) is 12.5 Å². The van der Waals surface area contributed by atoms with Crippen LogP contribution < -0.4 is 4.90 Å². The number of nitrogens with one attached hydrogen (secondary N) is 1. The maximum atomic E-state index is 5.53. The van der Waals surface area contributed by atoms with E-state index in [1.165, 1.54) is 10.5 Å². The Bertz CT molecular complexity index is 787. The summed E-state index contributed by atoms with van der Waals surface area (Å²) in [5, 5.41) is 9.01. The van der Waals surface area contributed by atoms with Crippen molar-refractivity contribution in [1.82, 2.24) is 14.3 Å². The fraction of sp³-hybridized carbons (Fsp3) is 0.250. The summed E-state index contributed by atoms with van der Waals surface area (Å²) in [6.07, 6.45) is 0. The van der Waals surface area contributed by atoms with Crippen LogP contribution in [0.3, 0.4) is 0 Å². The Morgan fingerprint density at radius 1 is 1.23 bits per heavy atom. The van der Waals surface area contributed by atoms with Crippen molar-refractivity contribution in [1.29, 1.82) is 0 Å². The van der Waals surface area contributed by atoms with Crippen LogP contribution in [-0.2, 0) is 20.3 Å². The topological polar surface area (TPSA) is 27.2 Å². The first-order valence-corrected chi connectivity index (χ1v) is 8.52. The first kappa shape index (κ1) is 15.1. The van der Waals surface area contributed by atoms with Crippen molar-refractivity contribution in [3.8, 4) is 11.4 Å². The molecule has 0 radical (unpaired) electrons. The normalized spacial score (nSPS) is 12.5. The van der Waals surface area contributed by atoms with Gasteiger partial charge in [-0.2, -0.15) is 16.0 Å². The second-order valence-corrected chi connectivity index (χ2v) is 6.60. The Kier molecular flexibility index (Phi) is 4.52. The highest BCUT2D eigenvalue weighted by Gasteiger charge is 2.13. The van der Waals surface area contributed by atoms with E-state index in [-0.39, 0.29) is 0 Å². The van der Waals surface area contributed by atoms with Crippen molar-refractivity contribution in [3.63, 3.8) is 0 Å². The molecule has 1 atom stereocenters. The van der Waals surface area contributed by atoms with E-state index in [1.807, 2.05) is 34.5 Å². The largest absolute Gasteiger partial charge is 0.315 e. The van der Waals surface area contributed by atoms with E-state index in [1.54, 1.807) is 11.3 Å². The fourth-order valence-electron chi connectivity index (χ4n) is 2.48. The Balaban J connectivity index is 1.82. The molecule has 2 aromatic heterocycles. The molecular weight excluding hydrogens is 312 g/mol. The lowest BCUT2D eigenvalue weighted by Gasteiger charge is -2.12. The predicted molar refractivity (Wildman–Crippen MR) is 92.4 cm³/mol. The molecule has 1 N–H and O–H groups in total. The summed E-state index contributed by atoms with van der Waals surface area (Å²) in [5.74, 6) is 0.911. The second kappa shape index (κ2) is 6.56. The molecule has 0 bridgehead atoms. The van der Waals surface area contributed by atoms with Crippen molar-refractivity contribution in [2.75, 3.05) is 7.05 Å². The number of hydrogen-bond acceptors (Lipinski definition) is 3. The average Bonchev–Trinajstić information content (AvgIpc) is 3.12. The number of rotatable bonds is 5. The van der Waals surface area contributed by atoms with Crippen molar-refractivity contribution in [2.24, 2.45) is 7.05 Å². The molecular formula is C16H19N4S2+. The molecule has 2 heterocycles. The van der Waals surface area contributed by atoms with Gasteiger partial charge in [-0.1, -0.05) is 30.3 Å². The van der Waals surface area contributed by atoms with Crippen LogP contribution in [0.1, 0.15) is 5.56 Å². The Morgan fingerprint density at radius 3 is 2.68 bits per heavy atom. The highest BCUT2D eigenvalue weighted by atomic mass is 32.1. The van der Waals surface area contributed by atoms with E-state index in [0.717, 1.165) is 29.4 Å². The molecule has 22 heavy (non-hydrogen) atoms. The third-order valence-electron chi connectivity index (χ3n) is 3.58. The Hall–Kier alpha value is -1.76. The lowest BCUT2D eigenvalue weighted by Crippen LogP contribution is -3.06. The summed E-state index contributed by atoms with van der Waals surface area (Å²) >= 11 is 7.27. The number of nitrogens with zero attached hydrogens (tertiary/aromatic N) is 3. The van der Waals surface area contributed by atoms with E-state index in [4.69, 9.17) is 17.3 Å². The Morgan fingerprint density at radius 2 is 2.00 bits per heavy atom. The fourth-order valence-corrected chi connectivity index (χ4v) is 3.34. The monoisotopic (exact) mass is 331 g/mol. The average molecular weight is 331 g/mol. The van der Waals surface area contributed by atoms with E-state index < -0.39 is 0 Å². The molecule has 3 rings (SSSR count). The maximum absolute atomic E-state index is 5.53. The minimum atomic E-state index is 0.753. The number of benzene rings is 1. The molecule has 6 heteroatoms. The van der Waals surface area contributed by atoms with Gasteiger partial charge in [-0.05, 0) is 29.0 Å². The van der Waals surface area contributed by atoms with Crippen LogP contribution >= 0.6 is 23.6 Å². The lowest BCUT2D eigenvalue weighted by atomic mass is 10.2. The van der Waals surface area contributed by atoms with E-state index in [9.17, 15) is 0 Å². The van der Waals surface area contributed by atoms with E-state index in [0.29, 0.717) is 0 Å². The van der Waals surface area contributed by atoms with E-state index in [2.05, 4.69) is 36.0 Å². The van der Waals surface area contributed by atoms with Gasteiger partial charge in [0.25, 0.3) is 0 Å². The van der Waals surface area contributed by atoms with Gasteiger partial charge in [-0.25, -0.2) is 0 Å². The quantitative estimate of drug-likeness (QED) is 0.727. The van der Waals surface area contributed by atoms with Gasteiger partial charge in [0, 0.05) is 18.2 Å². The predicted octanol–water partition coefficient (Wildman–Crippen LogP) is 2.35. The third kappa shape index (κ3) is 3.19. The van der Waals surface area contributed by atoms with Gasteiger partial charge in [-0.15, -0.1) is 5.10 Å². The molecule has 0 saturated carbocycles. The molecule has 114 valence electrons. The second-order valence-electron chi connectivity index (χ2n) is 5.45. The van der Waals surface area contributed by atoms with Crippen LogP contribution in [0.5, 0.6) is 0 Å². The minimum absolute atomic E-state index is 0.753. The van der Waals surface area contributed by atoms with Crippen molar-refractivity contribution in [2.45, 2.75) is 13.2 Å². The van der Waals surface area contributed by atoms with Gasteiger partial charge in [0.1, 0.15) is 6.54 Å². The molecule has 0 spiro atoms. The molecule has 0 aliphatic carbocycles. The standard InChI is InChI=1S/C16H18N4S2/c1-18(10-13-8-9-22-11-13)12-20-16(21)19(2)15(17-20)14-6-4-3-5-7-14/h3-9,11H,10,12H2,1-2H3/p+1. The molecule has 3 aromatic rings.